The van der Waals surface area contributed by atoms with Crippen LogP contribution in [0, 0.1) is 0 Å². The van der Waals surface area contributed by atoms with E-state index in [1.807, 2.05) is 42.5 Å². The molecule has 0 fully saturated rings. The lowest BCUT2D eigenvalue weighted by atomic mass is 10.1. The minimum atomic E-state index is -3.58. The van der Waals surface area contributed by atoms with E-state index in [2.05, 4.69) is 0 Å². The van der Waals surface area contributed by atoms with Crippen LogP contribution in [-0.4, -0.2) is 26.4 Å². The van der Waals surface area contributed by atoms with Crippen LogP contribution >= 0.6 is 0 Å². The van der Waals surface area contributed by atoms with Crippen molar-refractivity contribution in [1.29, 1.82) is 0 Å². The SMILES string of the molecule is COCc1cccc(S(=O)(=O)N2CCc3cc(-c4ccccc4)oc3C2)c1. The van der Waals surface area contributed by atoms with Gasteiger partial charge in [0.15, 0.2) is 0 Å². The molecule has 0 atom stereocenters. The van der Waals surface area contributed by atoms with E-state index in [1.54, 1.807) is 25.3 Å². The molecule has 140 valence electrons. The van der Waals surface area contributed by atoms with Gasteiger partial charge in [0.05, 0.1) is 18.0 Å². The summed E-state index contributed by atoms with van der Waals surface area (Å²) in [5.41, 5.74) is 2.91. The van der Waals surface area contributed by atoms with Gasteiger partial charge in [-0.05, 0) is 35.7 Å². The first-order chi connectivity index (χ1) is 13.1. The summed E-state index contributed by atoms with van der Waals surface area (Å²) in [7, 11) is -1.99. The maximum atomic E-state index is 13.1. The van der Waals surface area contributed by atoms with Crippen molar-refractivity contribution < 1.29 is 17.6 Å². The highest BCUT2D eigenvalue weighted by Crippen LogP contribution is 2.31. The molecule has 2 aromatic carbocycles. The number of ether oxygens (including phenoxy) is 1. The fourth-order valence-electron chi connectivity index (χ4n) is 3.36. The van der Waals surface area contributed by atoms with Crippen LogP contribution in [-0.2, 0) is 34.3 Å². The second-order valence-electron chi connectivity index (χ2n) is 6.59. The Morgan fingerprint density at radius 1 is 1.07 bits per heavy atom. The molecule has 0 radical (unpaired) electrons. The summed E-state index contributed by atoms with van der Waals surface area (Å²) in [6, 6.07) is 18.8. The molecular weight excluding hydrogens is 362 g/mol. The predicted molar refractivity (Wildman–Crippen MR) is 103 cm³/mol. The number of methoxy groups -OCH3 is 1. The number of hydrogen-bond acceptors (Lipinski definition) is 4. The van der Waals surface area contributed by atoms with Crippen LogP contribution in [0.25, 0.3) is 11.3 Å². The Bertz CT molecular complexity index is 1040. The van der Waals surface area contributed by atoms with E-state index < -0.39 is 10.0 Å². The van der Waals surface area contributed by atoms with Crippen LogP contribution in [0.2, 0.25) is 0 Å². The number of fused-ring (bicyclic) bond motifs is 1. The van der Waals surface area contributed by atoms with Crippen molar-refractivity contribution in [3.05, 3.63) is 77.6 Å². The molecule has 1 aliphatic heterocycles. The van der Waals surface area contributed by atoms with E-state index in [4.69, 9.17) is 9.15 Å². The Hall–Kier alpha value is -2.41. The van der Waals surface area contributed by atoms with Crippen molar-refractivity contribution in [1.82, 2.24) is 4.31 Å². The quantitative estimate of drug-likeness (QED) is 0.672. The Morgan fingerprint density at radius 3 is 2.67 bits per heavy atom. The first-order valence-corrected chi connectivity index (χ1v) is 10.3. The van der Waals surface area contributed by atoms with Gasteiger partial charge in [-0.15, -0.1) is 0 Å². The topological polar surface area (TPSA) is 59.8 Å². The maximum Gasteiger partial charge on any atom is 0.243 e. The van der Waals surface area contributed by atoms with E-state index in [0.29, 0.717) is 19.6 Å². The van der Waals surface area contributed by atoms with Gasteiger partial charge in [0.2, 0.25) is 10.0 Å². The smallest absolute Gasteiger partial charge is 0.243 e. The number of hydrogen-bond donors (Lipinski definition) is 0. The Labute approximate surface area is 159 Å². The molecule has 0 unspecified atom stereocenters. The van der Waals surface area contributed by atoms with Crippen molar-refractivity contribution in [2.45, 2.75) is 24.5 Å². The zero-order valence-electron chi connectivity index (χ0n) is 15.1. The summed E-state index contributed by atoms with van der Waals surface area (Å²) in [5, 5.41) is 0. The Kier molecular flexibility index (Phi) is 4.86. The minimum Gasteiger partial charge on any atom is -0.459 e. The molecule has 6 heteroatoms. The number of nitrogens with zero attached hydrogens (tertiary/aromatic N) is 1. The average molecular weight is 383 g/mol. The van der Waals surface area contributed by atoms with E-state index in [1.165, 1.54) is 4.31 Å². The van der Waals surface area contributed by atoms with Gasteiger partial charge in [0.1, 0.15) is 11.5 Å². The first kappa shape index (κ1) is 18.0. The number of sulfonamides is 1. The van der Waals surface area contributed by atoms with E-state index in [0.717, 1.165) is 28.2 Å². The monoisotopic (exact) mass is 383 g/mol. The molecule has 0 amide bonds. The zero-order chi connectivity index (χ0) is 18.9. The summed E-state index contributed by atoms with van der Waals surface area (Å²) in [6.45, 7) is 1.07. The van der Waals surface area contributed by atoms with E-state index >= 15 is 0 Å². The Morgan fingerprint density at radius 2 is 1.89 bits per heavy atom. The molecule has 0 aliphatic carbocycles. The number of furan rings is 1. The third kappa shape index (κ3) is 3.56. The lowest BCUT2D eigenvalue weighted by Crippen LogP contribution is -2.35. The van der Waals surface area contributed by atoms with Gasteiger partial charge in [0.25, 0.3) is 0 Å². The van der Waals surface area contributed by atoms with Crippen LogP contribution < -0.4 is 0 Å². The van der Waals surface area contributed by atoms with Gasteiger partial charge in [-0.1, -0.05) is 42.5 Å². The third-order valence-electron chi connectivity index (χ3n) is 4.75. The van der Waals surface area contributed by atoms with Crippen molar-refractivity contribution in [2.24, 2.45) is 0 Å². The summed E-state index contributed by atoms with van der Waals surface area (Å²) >= 11 is 0. The molecule has 0 saturated heterocycles. The fraction of sp³-hybridized carbons (Fsp3) is 0.238. The number of benzene rings is 2. The molecule has 3 aromatic rings. The molecule has 1 aromatic heterocycles. The lowest BCUT2D eigenvalue weighted by Gasteiger charge is -2.25. The van der Waals surface area contributed by atoms with Gasteiger partial charge in [0, 0.05) is 19.2 Å². The molecule has 0 saturated carbocycles. The van der Waals surface area contributed by atoms with Gasteiger partial charge in [-0.2, -0.15) is 4.31 Å². The average Bonchev–Trinajstić information content (AvgIpc) is 3.12. The molecular formula is C21H21NO4S. The second kappa shape index (κ2) is 7.31. The summed E-state index contributed by atoms with van der Waals surface area (Å²) in [4.78, 5) is 0.287. The van der Waals surface area contributed by atoms with Gasteiger partial charge >= 0.3 is 0 Å². The van der Waals surface area contributed by atoms with Crippen LogP contribution in [0.15, 0.2) is 70.0 Å². The zero-order valence-corrected chi connectivity index (χ0v) is 15.9. The highest BCUT2D eigenvalue weighted by atomic mass is 32.2. The van der Waals surface area contributed by atoms with Crippen LogP contribution in [0.3, 0.4) is 0 Å². The Balaban J connectivity index is 1.60. The summed E-state index contributed by atoms with van der Waals surface area (Å²) in [6.07, 6.45) is 0.642. The molecule has 1 aliphatic rings. The lowest BCUT2D eigenvalue weighted by molar-refractivity contribution is 0.184. The molecule has 0 spiro atoms. The van der Waals surface area contributed by atoms with Crippen LogP contribution in [0.1, 0.15) is 16.9 Å². The van der Waals surface area contributed by atoms with Crippen molar-refractivity contribution >= 4 is 10.0 Å². The molecule has 5 nitrogen and oxygen atoms in total. The standard InChI is InChI=1S/C21H21NO4S/c1-25-15-16-6-5-9-19(12-16)27(23,24)22-11-10-18-13-20(26-21(18)14-22)17-7-3-2-4-8-17/h2-9,12-13H,10-11,14-15H2,1H3. The third-order valence-corrected chi connectivity index (χ3v) is 6.59. The molecule has 2 heterocycles. The predicted octanol–water partition coefficient (Wildman–Crippen LogP) is 3.84. The fourth-order valence-corrected chi connectivity index (χ4v) is 4.83. The van der Waals surface area contributed by atoms with Crippen molar-refractivity contribution in [3.8, 4) is 11.3 Å². The van der Waals surface area contributed by atoms with Crippen molar-refractivity contribution in [3.63, 3.8) is 0 Å². The molecule has 27 heavy (non-hydrogen) atoms. The molecule has 0 N–H and O–H groups in total. The highest BCUT2D eigenvalue weighted by molar-refractivity contribution is 7.89. The van der Waals surface area contributed by atoms with Crippen molar-refractivity contribution in [2.75, 3.05) is 13.7 Å². The van der Waals surface area contributed by atoms with Crippen LogP contribution in [0.4, 0.5) is 0 Å². The normalized spacial score (nSPS) is 14.9. The maximum absolute atomic E-state index is 13.1. The highest BCUT2D eigenvalue weighted by Gasteiger charge is 2.30. The first-order valence-electron chi connectivity index (χ1n) is 8.83. The second-order valence-corrected chi connectivity index (χ2v) is 8.53. The van der Waals surface area contributed by atoms with Gasteiger partial charge < -0.3 is 9.15 Å². The van der Waals surface area contributed by atoms with Crippen LogP contribution in [0.5, 0.6) is 0 Å². The van der Waals surface area contributed by atoms with Gasteiger partial charge in [-0.3, -0.25) is 0 Å². The molecule has 4 rings (SSSR count). The number of rotatable bonds is 5. The van der Waals surface area contributed by atoms with E-state index in [-0.39, 0.29) is 11.4 Å². The molecule has 0 bridgehead atoms. The van der Waals surface area contributed by atoms with E-state index in [9.17, 15) is 8.42 Å². The van der Waals surface area contributed by atoms with Gasteiger partial charge in [-0.25, -0.2) is 8.42 Å². The summed E-state index contributed by atoms with van der Waals surface area (Å²) in [5.74, 6) is 1.50. The minimum absolute atomic E-state index is 0.249. The largest absolute Gasteiger partial charge is 0.459 e. The summed E-state index contributed by atoms with van der Waals surface area (Å²) < 4.78 is 38.7.